The minimum absolute atomic E-state index is 0.0560. The van der Waals surface area contributed by atoms with Crippen LogP contribution < -0.4 is 10.6 Å². The van der Waals surface area contributed by atoms with Gasteiger partial charge in [-0.2, -0.15) is 0 Å². The van der Waals surface area contributed by atoms with Crippen molar-refractivity contribution < 1.29 is 4.79 Å². The average molecular weight is 280 g/mol. The first-order valence-corrected chi connectivity index (χ1v) is 7.36. The molecule has 0 fully saturated rings. The van der Waals surface area contributed by atoms with Gasteiger partial charge in [0.1, 0.15) is 0 Å². The van der Waals surface area contributed by atoms with Crippen molar-refractivity contribution in [1.29, 1.82) is 0 Å². The Morgan fingerprint density at radius 2 is 1.86 bits per heavy atom. The standard InChI is InChI=1S/C18H20N2O/c1-12-7-3-5-9-16(12)20-18(21)15-11-14-8-4-6-10-17(14)19-13(15)2/h3-10,13,15,19H,11H2,1-2H3,(H,20,21). The number of fused-ring (bicyclic) bond motifs is 1. The van der Waals surface area contributed by atoms with Crippen LogP contribution in [0.25, 0.3) is 0 Å². The van der Waals surface area contributed by atoms with Crippen molar-refractivity contribution in [2.45, 2.75) is 26.3 Å². The highest BCUT2D eigenvalue weighted by Gasteiger charge is 2.30. The van der Waals surface area contributed by atoms with Crippen LogP contribution in [0.3, 0.4) is 0 Å². The molecule has 3 nitrogen and oxygen atoms in total. The molecule has 108 valence electrons. The summed E-state index contributed by atoms with van der Waals surface area (Å²) >= 11 is 0. The number of rotatable bonds is 2. The van der Waals surface area contributed by atoms with Crippen molar-refractivity contribution in [3.05, 3.63) is 59.7 Å². The predicted octanol–water partition coefficient (Wildman–Crippen LogP) is 3.61. The molecular weight excluding hydrogens is 260 g/mol. The Bertz CT molecular complexity index is 666. The fourth-order valence-corrected chi connectivity index (χ4v) is 2.86. The second-order valence-corrected chi connectivity index (χ2v) is 5.70. The van der Waals surface area contributed by atoms with Crippen LogP contribution in [0.5, 0.6) is 0 Å². The Morgan fingerprint density at radius 3 is 2.67 bits per heavy atom. The highest BCUT2D eigenvalue weighted by Crippen LogP contribution is 2.29. The van der Waals surface area contributed by atoms with Gasteiger partial charge in [0.25, 0.3) is 0 Å². The summed E-state index contributed by atoms with van der Waals surface area (Å²) in [6.45, 7) is 4.07. The van der Waals surface area contributed by atoms with Gasteiger partial charge in [-0.05, 0) is 43.5 Å². The monoisotopic (exact) mass is 280 g/mol. The van der Waals surface area contributed by atoms with Gasteiger partial charge in [0.15, 0.2) is 0 Å². The van der Waals surface area contributed by atoms with Crippen LogP contribution in [0, 0.1) is 12.8 Å². The van der Waals surface area contributed by atoms with Gasteiger partial charge in [-0.3, -0.25) is 4.79 Å². The van der Waals surface area contributed by atoms with E-state index in [0.717, 1.165) is 23.4 Å². The summed E-state index contributed by atoms with van der Waals surface area (Å²) in [5.41, 5.74) is 4.33. The molecular formula is C18H20N2O. The van der Waals surface area contributed by atoms with E-state index in [0.29, 0.717) is 0 Å². The zero-order valence-corrected chi connectivity index (χ0v) is 12.4. The molecule has 1 heterocycles. The van der Waals surface area contributed by atoms with Crippen LogP contribution >= 0.6 is 0 Å². The highest BCUT2D eigenvalue weighted by atomic mass is 16.1. The molecule has 2 atom stereocenters. The lowest BCUT2D eigenvalue weighted by Crippen LogP contribution is -2.40. The Kier molecular flexibility index (Phi) is 3.65. The first-order valence-electron chi connectivity index (χ1n) is 7.36. The molecule has 0 radical (unpaired) electrons. The zero-order valence-electron chi connectivity index (χ0n) is 12.4. The van der Waals surface area contributed by atoms with Gasteiger partial charge in [0.2, 0.25) is 5.91 Å². The fraction of sp³-hybridized carbons (Fsp3) is 0.278. The van der Waals surface area contributed by atoms with Gasteiger partial charge >= 0.3 is 0 Å². The van der Waals surface area contributed by atoms with E-state index in [1.165, 1.54) is 5.56 Å². The third-order valence-corrected chi connectivity index (χ3v) is 4.18. The van der Waals surface area contributed by atoms with Crippen molar-refractivity contribution in [2.75, 3.05) is 10.6 Å². The number of para-hydroxylation sites is 2. The van der Waals surface area contributed by atoms with Gasteiger partial charge in [0.05, 0.1) is 5.92 Å². The molecule has 0 aromatic heterocycles. The van der Waals surface area contributed by atoms with E-state index in [1.807, 2.05) is 43.3 Å². The van der Waals surface area contributed by atoms with Crippen LogP contribution in [0.2, 0.25) is 0 Å². The van der Waals surface area contributed by atoms with E-state index in [1.54, 1.807) is 0 Å². The molecule has 1 amide bonds. The first kappa shape index (κ1) is 13.7. The quantitative estimate of drug-likeness (QED) is 0.882. The minimum atomic E-state index is -0.0560. The molecule has 2 aromatic rings. The third kappa shape index (κ3) is 2.77. The number of carbonyl (C=O) groups excluding carboxylic acids is 1. The Labute approximate surface area is 125 Å². The Morgan fingerprint density at radius 1 is 1.14 bits per heavy atom. The van der Waals surface area contributed by atoms with E-state index < -0.39 is 0 Å². The second kappa shape index (κ2) is 5.60. The molecule has 3 rings (SSSR count). The number of carbonyl (C=O) groups is 1. The number of anilines is 2. The van der Waals surface area contributed by atoms with Crippen molar-refractivity contribution in [1.82, 2.24) is 0 Å². The second-order valence-electron chi connectivity index (χ2n) is 5.70. The topological polar surface area (TPSA) is 41.1 Å². The smallest absolute Gasteiger partial charge is 0.229 e. The summed E-state index contributed by atoms with van der Waals surface area (Å²) in [6.07, 6.45) is 0.780. The van der Waals surface area contributed by atoms with Gasteiger partial charge in [0, 0.05) is 17.4 Å². The molecule has 0 aliphatic carbocycles. The molecule has 1 aliphatic rings. The molecule has 3 heteroatoms. The molecule has 2 unspecified atom stereocenters. The van der Waals surface area contributed by atoms with Gasteiger partial charge in [-0.15, -0.1) is 0 Å². The maximum atomic E-state index is 12.6. The number of benzene rings is 2. The summed E-state index contributed by atoms with van der Waals surface area (Å²) in [7, 11) is 0. The summed E-state index contributed by atoms with van der Waals surface area (Å²) in [4.78, 5) is 12.6. The van der Waals surface area contributed by atoms with Crippen LogP contribution in [0.1, 0.15) is 18.1 Å². The minimum Gasteiger partial charge on any atom is -0.382 e. The third-order valence-electron chi connectivity index (χ3n) is 4.18. The normalized spacial score (nSPS) is 20.3. The number of hydrogen-bond donors (Lipinski definition) is 2. The molecule has 0 saturated carbocycles. The lowest BCUT2D eigenvalue weighted by Gasteiger charge is -2.31. The van der Waals surface area contributed by atoms with Crippen molar-refractivity contribution in [3.8, 4) is 0 Å². The van der Waals surface area contributed by atoms with E-state index >= 15 is 0 Å². The van der Waals surface area contributed by atoms with Crippen molar-refractivity contribution >= 4 is 17.3 Å². The number of nitrogens with one attached hydrogen (secondary N) is 2. The van der Waals surface area contributed by atoms with Gasteiger partial charge in [-0.25, -0.2) is 0 Å². The summed E-state index contributed by atoms with van der Waals surface area (Å²) in [5.74, 6) is 0.0262. The molecule has 0 bridgehead atoms. The lowest BCUT2D eigenvalue weighted by molar-refractivity contribution is -0.120. The van der Waals surface area contributed by atoms with Gasteiger partial charge < -0.3 is 10.6 Å². The molecule has 2 aromatic carbocycles. The van der Waals surface area contributed by atoms with Crippen LogP contribution in [0.15, 0.2) is 48.5 Å². The van der Waals surface area contributed by atoms with Crippen LogP contribution in [-0.4, -0.2) is 11.9 Å². The first-order chi connectivity index (χ1) is 10.1. The zero-order chi connectivity index (χ0) is 14.8. The maximum absolute atomic E-state index is 12.6. The van der Waals surface area contributed by atoms with Crippen LogP contribution in [0.4, 0.5) is 11.4 Å². The van der Waals surface area contributed by atoms with Crippen LogP contribution in [-0.2, 0) is 11.2 Å². The SMILES string of the molecule is Cc1ccccc1NC(=O)C1Cc2ccccc2NC1C. The largest absolute Gasteiger partial charge is 0.382 e. The molecule has 21 heavy (non-hydrogen) atoms. The molecule has 0 spiro atoms. The lowest BCUT2D eigenvalue weighted by atomic mass is 9.87. The molecule has 1 aliphatic heterocycles. The van der Waals surface area contributed by atoms with E-state index in [-0.39, 0.29) is 17.9 Å². The Balaban J connectivity index is 1.78. The Hall–Kier alpha value is -2.29. The highest BCUT2D eigenvalue weighted by molar-refractivity contribution is 5.94. The average Bonchev–Trinajstić information content (AvgIpc) is 2.49. The summed E-state index contributed by atoms with van der Waals surface area (Å²) in [5, 5.41) is 6.49. The van der Waals surface area contributed by atoms with E-state index in [2.05, 4.69) is 29.7 Å². The van der Waals surface area contributed by atoms with E-state index in [9.17, 15) is 4.79 Å². The maximum Gasteiger partial charge on any atom is 0.229 e. The van der Waals surface area contributed by atoms with Crippen molar-refractivity contribution in [2.24, 2.45) is 5.92 Å². The summed E-state index contributed by atoms with van der Waals surface area (Å²) in [6, 6.07) is 16.2. The fourth-order valence-electron chi connectivity index (χ4n) is 2.86. The number of hydrogen-bond acceptors (Lipinski definition) is 2. The molecule has 0 saturated heterocycles. The number of aryl methyl sites for hydroxylation is 1. The molecule has 2 N–H and O–H groups in total. The number of amides is 1. The van der Waals surface area contributed by atoms with E-state index in [4.69, 9.17) is 0 Å². The van der Waals surface area contributed by atoms with Crippen molar-refractivity contribution in [3.63, 3.8) is 0 Å². The predicted molar refractivity (Wildman–Crippen MR) is 86.5 cm³/mol. The van der Waals surface area contributed by atoms with Gasteiger partial charge in [-0.1, -0.05) is 36.4 Å². The summed E-state index contributed by atoms with van der Waals surface area (Å²) < 4.78 is 0.